The molecule has 0 bridgehead atoms. The molecule has 1 aromatic heterocycles. The molecule has 132 valence electrons. The van der Waals surface area contributed by atoms with Crippen molar-refractivity contribution in [3.8, 4) is 0 Å². The summed E-state index contributed by atoms with van der Waals surface area (Å²) in [7, 11) is 2.18. The van der Waals surface area contributed by atoms with Gasteiger partial charge >= 0.3 is 0 Å². The van der Waals surface area contributed by atoms with E-state index in [-0.39, 0.29) is 17.0 Å². The number of hydrogen-bond donors (Lipinski definition) is 1. The van der Waals surface area contributed by atoms with Gasteiger partial charge in [-0.3, -0.25) is 9.59 Å². The SMILES string of the molecule is CSc1ncc(C(=O)N2CCCC3(CCN(C)CC3)CC2)c(=O)[nH]1. The Morgan fingerprint density at radius 3 is 2.58 bits per heavy atom. The molecule has 2 saturated heterocycles. The second kappa shape index (κ2) is 7.27. The van der Waals surface area contributed by atoms with E-state index in [1.807, 2.05) is 11.2 Å². The Balaban J connectivity index is 1.70. The second-order valence-electron chi connectivity index (χ2n) is 7.08. The second-order valence-corrected chi connectivity index (χ2v) is 7.88. The minimum absolute atomic E-state index is 0.159. The van der Waals surface area contributed by atoms with Crippen molar-refractivity contribution in [2.75, 3.05) is 39.5 Å². The highest BCUT2D eigenvalue weighted by Gasteiger charge is 2.36. The fraction of sp³-hybridized carbons (Fsp3) is 0.706. The number of carbonyl (C=O) groups excluding carboxylic acids is 1. The maximum Gasteiger partial charge on any atom is 0.264 e. The lowest BCUT2D eigenvalue weighted by Crippen LogP contribution is -2.39. The summed E-state index contributed by atoms with van der Waals surface area (Å²) in [6.07, 6.45) is 8.94. The lowest BCUT2D eigenvalue weighted by molar-refractivity contribution is 0.0731. The Hall–Kier alpha value is -1.34. The van der Waals surface area contributed by atoms with Crippen LogP contribution >= 0.6 is 11.8 Å². The zero-order chi connectivity index (χ0) is 17.2. The summed E-state index contributed by atoms with van der Waals surface area (Å²) in [6.45, 7) is 3.77. The number of piperidine rings is 1. The Labute approximate surface area is 147 Å². The molecule has 0 aromatic carbocycles. The Kier molecular flexibility index (Phi) is 5.30. The van der Waals surface area contributed by atoms with Crippen LogP contribution in [-0.4, -0.2) is 65.2 Å². The average Bonchev–Trinajstić information content (AvgIpc) is 2.80. The molecule has 6 nitrogen and oxygen atoms in total. The van der Waals surface area contributed by atoms with Crippen LogP contribution in [0.5, 0.6) is 0 Å². The van der Waals surface area contributed by atoms with Crippen LogP contribution in [0.2, 0.25) is 0 Å². The van der Waals surface area contributed by atoms with E-state index in [9.17, 15) is 9.59 Å². The van der Waals surface area contributed by atoms with E-state index in [1.54, 1.807) is 0 Å². The molecule has 2 aliphatic rings. The molecule has 0 radical (unpaired) electrons. The molecule has 7 heteroatoms. The van der Waals surface area contributed by atoms with Crippen LogP contribution < -0.4 is 5.56 Å². The summed E-state index contributed by atoms with van der Waals surface area (Å²) >= 11 is 1.36. The third kappa shape index (κ3) is 3.67. The molecule has 24 heavy (non-hydrogen) atoms. The van der Waals surface area contributed by atoms with Crippen LogP contribution in [0.1, 0.15) is 42.5 Å². The van der Waals surface area contributed by atoms with E-state index in [1.165, 1.54) is 37.2 Å². The molecule has 3 heterocycles. The lowest BCUT2D eigenvalue weighted by atomic mass is 9.73. The predicted octanol–water partition coefficient (Wildman–Crippen LogP) is 1.83. The van der Waals surface area contributed by atoms with Gasteiger partial charge in [0.25, 0.3) is 11.5 Å². The average molecular weight is 350 g/mol. The number of likely N-dealkylation sites (tertiary alicyclic amines) is 2. The normalized spacial score (nSPS) is 21.7. The number of rotatable bonds is 2. The highest BCUT2D eigenvalue weighted by Crippen LogP contribution is 2.41. The van der Waals surface area contributed by atoms with Crippen molar-refractivity contribution in [3.63, 3.8) is 0 Å². The molecule has 1 N–H and O–H groups in total. The van der Waals surface area contributed by atoms with E-state index < -0.39 is 0 Å². The van der Waals surface area contributed by atoms with Gasteiger partial charge in [-0.25, -0.2) is 4.98 Å². The zero-order valence-electron chi connectivity index (χ0n) is 14.5. The molecule has 2 fully saturated rings. The van der Waals surface area contributed by atoms with Crippen molar-refractivity contribution in [2.45, 2.75) is 37.3 Å². The number of hydrogen-bond acceptors (Lipinski definition) is 5. The molecule has 0 aliphatic carbocycles. The third-order valence-electron chi connectivity index (χ3n) is 5.58. The van der Waals surface area contributed by atoms with E-state index >= 15 is 0 Å². The number of aromatic nitrogens is 2. The van der Waals surface area contributed by atoms with Gasteiger partial charge in [0.1, 0.15) is 5.56 Å². The summed E-state index contributed by atoms with van der Waals surface area (Å²) in [4.78, 5) is 35.9. The van der Waals surface area contributed by atoms with Gasteiger partial charge in [-0.05, 0) is 63.9 Å². The fourth-order valence-corrected chi connectivity index (χ4v) is 4.21. The number of thioether (sulfide) groups is 1. The van der Waals surface area contributed by atoms with Crippen molar-refractivity contribution in [2.24, 2.45) is 5.41 Å². The number of nitrogens with one attached hydrogen (secondary N) is 1. The van der Waals surface area contributed by atoms with Gasteiger partial charge in [-0.1, -0.05) is 11.8 Å². The van der Waals surface area contributed by atoms with Gasteiger partial charge < -0.3 is 14.8 Å². The van der Waals surface area contributed by atoms with Crippen LogP contribution in [0.4, 0.5) is 0 Å². The number of nitrogens with zero attached hydrogens (tertiary/aromatic N) is 3. The standard InChI is InChI=1S/C17H26N4O2S/c1-20-9-5-17(6-10-20)4-3-8-21(11-7-17)15(23)13-12-18-16(24-2)19-14(13)22/h12H,3-11H2,1-2H3,(H,18,19,22). The summed E-state index contributed by atoms with van der Waals surface area (Å²) in [5.74, 6) is -0.179. The Morgan fingerprint density at radius 1 is 1.21 bits per heavy atom. The molecule has 1 spiro atoms. The first-order valence-corrected chi connectivity index (χ1v) is 9.87. The van der Waals surface area contributed by atoms with E-state index in [4.69, 9.17) is 0 Å². The van der Waals surface area contributed by atoms with Crippen molar-refractivity contribution in [1.82, 2.24) is 19.8 Å². The van der Waals surface area contributed by atoms with Crippen molar-refractivity contribution in [3.05, 3.63) is 22.1 Å². The smallest absolute Gasteiger partial charge is 0.264 e. The summed E-state index contributed by atoms with van der Waals surface area (Å²) in [5.41, 5.74) is 0.208. The Bertz CT molecular complexity index is 652. The number of amides is 1. The molecule has 1 amide bonds. The molecular formula is C17H26N4O2S. The molecule has 3 rings (SSSR count). The summed E-state index contributed by atoms with van der Waals surface area (Å²) in [6, 6.07) is 0. The quantitative estimate of drug-likeness (QED) is 0.651. The summed E-state index contributed by atoms with van der Waals surface area (Å²) < 4.78 is 0. The summed E-state index contributed by atoms with van der Waals surface area (Å²) in [5, 5.41) is 0.540. The minimum Gasteiger partial charge on any atom is -0.338 e. The van der Waals surface area contributed by atoms with Gasteiger partial charge in [0.15, 0.2) is 5.16 Å². The zero-order valence-corrected chi connectivity index (χ0v) is 15.3. The topological polar surface area (TPSA) is 69.3 Å². The maximum absolute atomic E-state index is 12.7. The van der Waals surface area contributed by atoms with Gasteiger partial charge in [0.05, 0.1) is 0 Å². The minimum atomic E-state index is -0.336. The van der Waals surface area contributed by atoms with Crippen LogP contribution in [0.25, 0.3) is 0 Å². The van der Waals surface area contributed by atoms with Crippen LogP contribution in [-0.2, 0) is 0 Å². The van der Waals surface area contributed by atoms with Crippen molar-refractivity contribution >= 4 is 17.7 Å². The van der Waals surface area contributed by atoms with Gasteiger partial charge in [-0.2, -0.15) is 0 Å². The predicted molar refractivity (Wildman–Crippen MR) is 95.6 cm³/mol. The van der Waals surface area contributed by atoms with Gasteiger partial charge in [-0.15, -0.1) is 0 Å². The van der Waals surface area contributed by atoms with Gasteiger partial charge in [0, 0.05) is 19.3 Å². The first kappa shape index (κ1) is 17.5. The monoisotopic (exact) mass is 350 g/mol. The first-order valence-electron chi connectivity index (χ1n) is 8.64. The van der Waals surface area contributed by atoms with Crippen LogP contribution in [0, 0.1) is 5.41 Å². The molecular weight excluding hydrogens is 324 g/mol. The molecule has 1 aromatic rings. The largest absolute Gasteiger partial charge is 0.338 e. The lowest BCUT2D eigenvalue weighted by Gasteiger charge is -2.40. The van der Waals surface area contributed by atoms with Crippen LogP contribution in [0.3, 0.4) is 0 Å². The highest BCUT2D eigenvalue weighted by atomic mass is 32.2. The maximum atomic E-state index is 12.7. The third-order valence-corrected chi connectivity index (χ3v) is 6.18. The highest BCUT2D eigenvalue weighted by molar-refractivity contribution is 7.98. The molecule has 0 atom stereocenters. The van der Waals surface area contributed by atoms with Crippen LogP contribution in [0.15, 0.2) is 16.1 Å². The number of carbonyl (C=O) groups is 1. The molecule has 0 saturated carbocycles. The van der Waals surface area contributed by atoms with Crippen molar-refractivity contribution < 1.29 is 4.79 Å². The fourth-order valence-electron chi connectivity index (χ4n) is 3.85. The molecule has 0 unspecified atom stereocenters. The number of aromatic amines is 1. The van der Waals surface area contributed by atoms with Gasteiger partial charge in [0.2, 0.25) is 0 Å². The van der Waals surface area contributed by atoms with E-state index in [0.717, 1.165) is 39.0 Å². The molecule has 2 aliphatic heterocycles. The van der Waals surface area contributed by atoms with Crippen molar-refractivity contribution in [1.29, 1.82) is 0 Å². The van der Waals surface area contributed by atoms with E-state index in [0.29, 0.717) is 10.6 Å². The first-order chi connectivity index (χ1) is 11.5. The van der Waals surface area contributed by atoms with E-state index in [2.05, 4.69) is 21.9 Å². The number of H-pyrrole nitrogens is 1. The Morgan fingerprint density at radius 2 is 1.92 bits per heavy atom.